The number of carbonyl (C=O) groups is 2. The summed E-state index contributed by atoms with van der Waals surface area (Å²) in [5.74, 6) is -0.917. The van der Waals surface area contributed by atoms with Crippen molar-refractivity contribution >= 4 is 28.5 Å². The Kier molecular flexibility index (Phi) is 6.53. The molecule has 0 spiro atoms. The Hall–Kier alpha value is -3.48. The number of aryl methyl sites for hydroxylation is 1. The second-order valence-corrected chi connectivity index (χ2v) is 8.45. The smallest absolute Gasteiger partial charge is 0.308 e. The molecule has 1 aromatic heterocycles. The number of benzene rings is 2. The van der Waals surface area contributed by atoms with Crippen LogP contribution < -0.4 is 10.7 Å². The van der Waals surface area contributed by atoms with Gasteiger partial charge in [-0.3, -0.25) is 19.1 Å². The molecule has 7 nitrogen and oxygen atoms in total. The third-order valence-electron chi connectivity index (χ3n) is 4.99. The van der Waals surface area contributed by atoms with Gasteiger partial charge in [0.1, 0.15) is 0 Å². The molecule has 0 aliphatic rings. The van der Waals surface area contributed by atoms with Crippen LogP contribution in [0, 0.1) is 0 Å². The predicted molar refractivity (Wildman–Crippen MR) is 120 cm³/mol. The van der Waals surface area contributed by atoms with Crippen LogP contribution in [0.15, 0.2) is 59.5 Å². The van der Waals surface area contributed by atoms with Crippen molar-refractivity contribution in [2.45, 2.75) is 52.2 Å². The molecule has 3 aromatic rings. The Labute approximate surface area is 181 Å². The van der Waals surface area contributed by atoms with Gasteiger partial charge in [-0.15, -0.1) is 0 Å². The molecular weight excluding hydrogens is 394 g/mol. The number of hydrogen-bond acceptors (Lipinski definition) is 5. The molecule has 2 aromatic carbocycles. The highest BCUT2D eigenvalue weighted by atomic mass is 16.5. The maximum absolute atomic E-state index is 12.4. The van der Waals surface area contributed by atoms with E-state index in [0.29, 0.717) is 16.6 Å². The van der Waals surface area contributed by atoms with Crippen molar-refractivity contribution in [3.63, 3.8) is 0 Å². The molecular formula is C24H27N3O4. The van der Waals surface area contributed by atoms with E-state index in [2.05, 4.69) is 31.2 Å². The first-order chi connectivity index (χ1) is 14.6. The van der Waals surface area contributed by atoms with Gasteiger partial charge in [0, 0.05) is 11.1 Å². The van der Waals surface area contributed by atoms with E-state index in [1.165, 1.54) is 13.1 Å². The average Bonchev–Trinajstić information content (AvgIpc) is 2.73. The summed E-state index contributed by atoms with van der Waals surface area (Å²) in [6, 6.07) is 14.7. The van der Waals surface area contributed by atoms with Gasteiger partial charge in [0.25, 0.3) is 5.91 Å². The van der Waals surface area contributed by atoms with Crippen LogP contribution in [0.4, 0.5) is 5.69 Å². The molecule has 1 N–H and O–H groups in total. The summed E-state index contributed by atoms with van der Waals surface area (Å²) >= 11 is 0. The van der Waals surface area contributed by atoms with E-state index in [1.807, 2.05) is 24.3 Å². The third kappa shape index (κ3) is 5.57. The van der Waals surface area contributed by atoms with Crippen LogP contribution in [-0.4, -0.2) is 27.8 Å². The van der Waals surface area contributed by atoms with Crippen LogP contribution >= 0.6 is 0 Å². The van der Waals surface area contributed by atoms with Gasteiger partial charge in [0.05, 0.1) is 24.7 Å². The van der Waals surface area contributed by atoms with Gasteiger partial charge in [0.15, 0.2) is 6.10 Å². The Morgan fingerprint density at radius 2 is 1.77 bits per heavy atom. The minimum atomic E-state index is -0.937. The minimum Gasteiger partial charge on any atom is -0.452 e. The molecule has 0 aliphatic heterocycles. The van der Waals surface area contributed by atoms with Crippen LogP contribution in [-0.2, 0) is 26.3 Å². The molecule has 1 atom stereocenters. The van der Waals surface area contributed by atoms with E-state index in [1.54, 1.807) is 28.9 Å². The molecule has 1 amide bonds. The highest BCUT2D eigenvalue weighted by molar-refractivity contribution is 5.95. The number of rotatable bonds is 6. The number of ether oxygens (including phenoxy) is 1. The number of hydrogen-bond donors (Lipinski definition) is 1. The molecule has 31 heavy (non-hydrogen) atoms. The zero-order valence-electron chi connectivity index (χ0n) is 18.2. The van der Waals surface area contributed by atoms with Crippen molar-refractivity contribution in [1.29, 1.82) is 0 Å². The Morgan fingerprint density at radius 1 is 1.10 bits per heavy atom. The number of anilines is 1. The molecule has 0 saturated heterocycles. The van der Waals surface area contributed by atoms with Gasteiger partial charge in [-0.25, -0.2) is 0 Å². The second kappa shape index (κ2) is 9.12. The molecule has 0 aliphatic carbocycles. The topological polar surface area (TPSA) is 90.3 Å². The van der Waals surface area contributed by atoms with Gasteiger partial charge in [-0.2, -0.15) is 5.10 Å². The molecule has 0 bridgehead atoms. The molecule has 0 fully saturated rings. The minimum absolute atomic E-state index is 0.0254. The van der Waals surface area contributed by atoms with Crippen LogP contribution in [0.3, 0.4) is 0 Å². The summed E-state index contributed by atoms with van der Waals surface area (Å²) < 4.78 is 6.85. The average molecular weight is 421 g/mol. The number of esters is 1. The van der Waals surface area contributed by atoms with Gasteiger partial charge in [-0.05, 0) is 42.2 Å². The lowest BCUT2D eigenvalue weighted by atomic mass is 9.87. The first-order valence-corrected chi connectivity index (χ1v) is 10.2. The highest BCUT2D eigenvalue weighted by Gasteiger charge is 2.19. The zero-order chi connectivity index (χ0) is 22.6. The summed E-state index contributed by atoms with van der Waals surface area (Å²) in [6.45, 7) is 8.13. The van der Waals surface area contributed by atoms with E-state index in [-0.39, 0.29) is 23.8 Å². The summed E-state index contributed by atoms with van der Waals surface area (Å²) in [5, 5.41) is 7.39. The fourth-order valence-electron chi connectivity index (χ4n) is 3.14. The molecule has 3 rings (SSSR count). The highest BCUT2D eigenvalue weighted by Crippen LogP contribution is 2.23. The molecule has 162 valence electrons. The van der Waals surface area contributed by atoms with Crippen LogP contribution in [0.2, 0.25) is 0 Å². The van der Waals surface area contributed by atoms with Crippen molar-refractivity contribution in [3.05, 3.63) is 70.5 Å². The normalized spacial score (nSPS) is 12.4. The quantitative estimate of drug-likeness (QED) is 0.614. The Morgan fingerprint density at radius 3 is 2.45 bits per heavy atom. The number of aromatic nitrogens is 2. The van der Waals surface area contributed by atoms with E-state index < -0.39 is 18.0 Å². The number of carbonyl (C=O) groups excluding carboxylic acids is 2. The summed E-state index contributed by atoms with van der Waals surface area (Å²) in [5.41, 5.74) is 2.30. The van der Waals surface area contributed by atoms with Crippen molar-refractivity contribution in [3.8, 4) is 0 Å². The zero-order valence-corrected chi connectivity index (χ0v) is 18.2. The van der Waals surface area contributed by atoms with Gasteiger partial charge in [-0.1, -0.05) is 45.0 Å². The maximum atomic E-state index is 12.4. The predicted octanol–water partition coefficient (Wildman–Crippen LogP) is 3.65. The second-order valence-electron chi connectivity index (χ2n) is 8.45. The summed E-state index contributed by atoms with van der Waals surface area (Å²) in [6.07, 6.45) is 0.320. The van der Waals surface area contributed by atoms with E-state index in [0.717, 1.165) is 5.56 Å². The number of para-hydroxylation sites is 1. The van der Waals surface area contributed by atoms with Crippen molar-refractivity contribution in [2.75, 3.05) is 5.32 Å². The van der Waals surface area contributed by atoms with E-state index in [4.69, 9.17) is 4.74 Å². The largest absolute Gasteiger partial charge is 0.452 e. The number of amides is 1. The lowest BCUT2D eigenvalue weighted by Gasteiger charge is -2.19. The van der Waals surface area contributed by atoms with E-state index >= 15 is 0 Å². The molecule has 7 heteroatoms. The first-order valence-electron chi connectivity index (χ1n) is 10.2. The standard InChI is InChI=1S/C24H27N3O4/c1-16(23(30)26-18-11-9-17(10-12-18)24(2,3)4)31-22(29)13-14-27-20-8-6-5-7-19(20)21(28)15-25-27/h5-12,15-16H,13-14H2,1-4H3,(H,26,30). The fourth-order valence-corrected chi connectivity index (χ4v) is 3.14. The molecule has 0 saturated carbocycles. The van der Waals surface area contributed by atoms with Gasteiger partial charge >= 0.3 is 5.97 Å². The van der Waals surface area contributed by atoms with Crippen LogP contribution in [0.25, 0.3) is 10.9 Å². The van der Waals surface area contributed by atoms with Gasteiger partial charge < -0.3 is 10.1 Å². The van der Waals surface area contributed by atoms with Gasteiger partial charge in [0.2, 0.25) is 5.43 Å². The number of fused-ring (bicyclic) bond motifs is 1. The lowest BCUT2D eigenvalue weighted by molar-refractivity contribution is -0.153. The number of nitrogens with zero attached hydrogens (tertiary/aromatic N) is 2. The van der Waals surface area contributed by atoms with Crippen molar-refractivity contribution in [1.82, 2.24) is 9.78 Å². The lowest BCUT2D eigenvalue weighted by Crippen LogP contribution is -2.30. The SMILES string of the molecule is CC(OC(=O)CCn1ncc(=O)c2ccccc21)C(=O)Nc1ccc(C(C)(C)C)cc1. The third-order valence-corrected chi connectivity index (χ3v) is 4.99. The maximum Gasteiger partial charge on any atom is 0.308 e. The Balaban J connectivity index is 1.55. The van der Waals surface area contributed by atoms with Crippen LogP contribution in [0.1, 0.15) is 39.7 Å². The monoisotopic (exact) mass is 421 g/mol. The van der Waals surface area contributed by atoms with Crippen molar-refractivity contribution in [2.24, 2.45) is 0 Å². The molecule has 0 radical (unpaired) electrons. The summed E-state index contributed by atoms with van der Waals surface area (Å²) in [4.78, 5) is 36.5. The molecule has 1 unspecified atom stereocenters. The first kappa shape index (κ1) is 22.2. The molecule has 1 heterocycles. The van der Waals surface area contributed by atoms with E-state index in [9.17, 15) is 14.4 Å². The van der Waals surface area contributed by atoms with Crippen molar-refractivity contribution < 1.29 is 14.3 Å². The Bertz CT molecular complexity index is 1140. The van der Waals surface area contributed by atoms with Crippen LogP contribution in [0.5, 0.6) is 0 Å². The summed E-state index contributed by atoms with van der Waals surface area (Å²) in [7, 11) is 0. The fraction of sp³-hybridized carbons (Fsp3) is 0.333. The number of nitrogens with one attached hydrogen (secondary N) is 1.